The van der Waals surface area contributed by atoms with E-state index in [-0.39, 0.29) is 18.3 Å². The van der Waals surface area contributed by atoms with Gasteiger partial charge in [-0.25, -0.2) is 9.59 Å². The molecule has 0 saturated heterocycles. The van der Waals surface area contributed by atoms with Crippen LogP contribution in [0.5, 0.6) is 0 Å². The highest BCUT2D eigenvalue weighted by atomic mass is 16.5. The smallest absolute Gasteiger partial charge is 0.328 e. The summed E-state index contributed by atoms with van der Waals surface area (Å²) in [4.78, 5) is 30.8. The molecule has 1 fully saturated rings. The molecule has 9 heteroatoms. The average molecular weight is 384 g/mol. The Kier molecular flexibility index (Phi) is 4.66. The van der Waals surface area contributed by atoms with Crippen LogP contribution < -0.4 is 11.0 Å². The van der Waals surface area contributed by atoms with Crippen LogP contribution in [0.3, 0.4) is 0 Å². The second kappa shape index (κ2) is 7.14. The molecule has 1 aromatic carbocycles. The van der Waals surface area contributed by atoms with E-state index in [1.165, 1.54) is 6.42 Å². The average Bonchev–Trinajstić information content (AvgIpc) is 3.17. The lowest BCUT2D eigenvalue weighted by atomic mass is 9.85. The molecular weight excluding hydrogens is 360 g/mol. The summed E-state index contributed by atoms with van der Waals surface area (Å²) in [7, 11) is 3.44. The molecule has 2 aromatic heterocycles. The fourth-order valence-electron chi connectivity index (χ4n) is 3.44. The Morgan fingerprint density at radius 3 is 2.71 bits per heavy atom. The van der Waals surface area contributed by atoms with Crippen LogP contribution in [-0.4, -0.2) is 36.8 Å². The third-order valence-electron chi connectivity index (χ3n) is 5.46. The molecule has 9 nitrogen and oxygen atoms in total. The Morgan fingerprint density at radius 1 is 1.29 bits per heavy atom. The summed E-state index contributed by atoms with van der Waals surface area (Å²) in [5.74, 6) is 1.56. The van der Waals surface area contributed by atoms with Crippen molar-refractivity contribution >= 4 is 22.8 Å². The first-order valence-corrected chi connectivity index (χ1v) is 9.51. The van der Waals surface area contributed by atoms with Crippen molar-refractivity contribution in [3.63, 3.8) is 0 Å². The van der Waals surface area contributed by atoms with Gasteiger partial charge in [0.25, 0.3) is 0 Å². The number of rotatable bonds is 5. The summed E-state index contributed by atoms with van der Waals surface area (Å²) in [5, 5.41) is 6.90. The molecule has 28 heavy (non-hydrogen) atoms. The third-order valence-corrected chi connectivity index (χ3v) is 5.46. The summed E-state index contributed by atoms with van der Waals surface area (Å²) in [5.41, 5.74) is 2.10. The molecule has 0 bridgehead atoms. The standard InChI is InChI=1S/C19H24N6O3/c1-4-25(11-16-21-17(28-22-16)12-6-5-7-12)18(26)20-13-8-9-14-15(10-13)24(3)19(27)23(14)2/h8-10,12H,4-7,11H2,1-3H3,(H,20,26). The number of anilines is 1. The van der Waals surface area contributed by atoms with Crippen molar-refractivity contribution in [3.8, 4) is 0 Å². The topological polar surface area (TPSA) is 98.2 Å². The molecule has 2 heterocycles. The number of amides is 2. The number of urea groups is 1. The highest BCUT2D eigenvalue weighted by Gasteiger charge is 2.26. The Hall–Kier alpha value is -3.10. The quantitative estimate of drug-likeness (QED) is 0.729. The molecule has 0 aliphatic heterocycles. The van der Waals surface area contributed by atoms with Crippen molar-refractivity contribution in [2.45, 2.75) is 38.6 Å². The first-order valence-electron chi connectivity index (χ1n) is 9.51. The maximum Gasteiger partial charge on any atom is 0.328 e. The Balaban J connectivity index is 1.48. The normalized spacial score (nSPS) is 14.2. The van der Waals surface area contributed by atoms with Crippen molar-refractivity contribution in [1.82, 2.24) is 24.2 Å². The zero-order chi connectivity index (χ0) is 19.8. The fraction of sp³-hybridized carbons (Fsp3) is 0.474. The molecule has 1 aliphatic rings. The molecule has 4 rings (SSSR count). The maximum atomic E-state index is 12.7. The van der Waals surface area contributed by atoms with Gasteiger partial charge in [-0.2, -0.15) is 4.98 Å². The first-order chi connectivity index (χ1) is 13.5. The summed E-state index contributed by atoms with van der Waals surface area (Å²) >= 11 is 0. The monoisotopic (exact) mass is 384 g/mol. The van der Waals surface area contributed by atoms with Gasteiger partial charge in [-0.15, -0.1) is 0 Å². The van der Waals surface area contributed by atoms with E-state index >= 15 is 0 Å². The number of hydrogen-bond acceptors (Lipinski definition) is 5. The van der Waals surface area contributed by atoms with Gasteiger partial charge in [0.05, 0.1) is 17.6 Å². The summed E-state index contributed by atoms with van der Waals surface area (Å²) in [6.45, 7) is 2.69. The van der Waals surface area contributed by atoms with Gasteiger partial charge in [0.1, 0.15) is 0 Å². The second-order valence-corrected chi connectivity index (χ2v) is 7.23. The summed E-state index contributed by atoms with van der Waals surface area (Å²) in [6, 6.07) is 5.16. The molecule has 1 aliphatic carbocycles. The number of imidazole rings is 1. The van der Waals surface area contributed by atoms with Gasteiger partial charge in [0, 0.05) is 32.2 Å². The van der Waals surface area contributed by atoms with E-state index in [4.69, 9.17) is 4.52 Å². The lowest BCUT2D eigenvalue weighted by Gasteiger charge is -2.21. The number of nitrogens with one attached hydrogen (secondary N) is 1. The highest BCUT2D eigenvalue weighted by Crippen LogP contribution is 2.35. The van der Waals surface area contributed by atoms with Crippen LogP contribution in [0.15, 0.2) is 27.5 Å². The number of fused-ring (bicyclic) bond motifs is 1. The minimum absolute atomic E-state index is 0.104. The summed E-state index contributed by atoms with van der Waals surface area (Å²) in [6.07, 6.45) is 3.37. The maximum absolute atomic E-state index is 12.7. The number of carbonyl (C=O) groups excluding carboxylic acids is 1. The zero-order valence-electron chi connectivity index (χ0n) is 16.3. The van der Waals surface area contributed by atoms with Gasteiger partial charge in [-0.1, -0.05) is 11.6 Å². The molecular formula is C19H24N6O3. The van der Waals surface area contributed by atoms with E-state index in [1.54, 1.807) is 40.3 Å². The van der Waals surface area contributed by atoms with Crippen molar-refractivity contribution in [2.24, 2.45) is 14.1 Å². The molecule has 148 valence electrons. The third kappa shape index (κ3) is 3.17. The van der Waals surface area contributed by atoms with Gasteiger partial charge in [-0.3, -0.25) is 9.13 Å². The van der Waals surface area contributed by atoms with E-state index < -0.39 is 0 Å². The van der Waals surface area contributed by atoms with Crippen molar-refractivity contribution < 1.29 is 9.32 Å². The summed E-state index contributed by atoms with van der Waals surface area (Å²) < 4.78 is 8.47. The van der Waals surface area contributed by atoms with Crippen LogP contribution in [0.2, 0.25) is 0 Å². The zero-order valence-corrected chi connectivity index (χ0v) is 16.3. The number of aryl methyl sites for hydroxylation is 2. The molecule has 0 atom stereocenters. The van der Waals surface area contributed by atoms with Crippen molar-refractivity contribution in [1.29, 1.82) is 0 Å². The molecule has 0 spiro atoms. The molecule has 0 radical (unpaired) electrons. The van der Waals surface area contributed by atoms with Gasteiger partial charge in [0.2, 0.25) is 5.89 Å². The van der Waals surface area contributed by atoms with Crippen LogP contribution in [0.1, 0.15) is 43.8 Å². The molecule has 3 aromatic rings. The first kappa shape index (κ1) is 18.3. The Labute approximate surface area is 161 Å². The Bertz CT molecular complexity index is 1080. The van der Waals surface area contributed by atoms with Crippen molar-refractivity contribution in [2.75, 3.05) is 11.9 Å². The van der Waals surface area contributed by atoms with E-state index in [2.05, 4.69) is 15.5 Å². The fourth-order valence-corrected chi connectivity index (χ4v) is 3.44. The number of nitrogens with zero attached hydrogens (tertiary/aromatic N) is 5. The van der Waals surface area contributed by atoms with Crippen LogP contribution in [-0.2, 0) is 20.6 Å². The molecule has 1 saturated carbocycles. The number of aromatic nitrogens is 4. The van der Waals surface area contributed by atoms with E-state index in [9.17, 15) is 9.59 Å². The van der Waals surface area contributed by atoms with Gasteiger partial charge >= 0.3 is 11.7 Å². The van der Waals surface area contributed by atoms with Crippen LogP contribution >= 0.6 is 0 Å². The lowest BCUT2D eigenvalue weighted by molar-refractivity contribution is 0.210. The van der Waals surface area contributed by atoms with Crippen molar-refractivity contribution in [3.05, 3.63) is 40.4 Å². The minimum Gasteiger partial charge on any atom is -0.339 e. The van der Waals surface area contributed by atoms with Gasteiger partial charge in [0.15, 0.2) is 5.82 Å². The highest BCUT2D eigenvalue weighted by molar-refractivity contribution is 5.92. The largest absolute Gasteiger partial charge is 0.339 e. The number of carbonyl (C=O) groups is 1. The SMILES string of the molecule is CCN(Cc1noc(C2CCC2)n1)C(=O)Nc1ccc2c(c1)n(C)c(=O)n2C. The van der Waals surface area contributed by atoms with Crippen LogP contribution in [0.25, 0.3) is 11.0 Å². The lowest BCUT2D eigenvalue weighted by Crippen LogP contribution is -2.34. The van der Waals surface area contributed by atoms with E-state index in [0.717, 1.165) is 23.9 Å². The predicted molar refractivity (Wildman–Crippen MR) is 104 cm³/mol. The van der Waals surface area contributed by atoms with E-state index in [0.29, 0.717) is 29.9 Å². The van der Waals surface area contributed by atoms with Crippen LogP contribution in [0.4, 0.5) is 10.5 Å². The number of hydrogen-bond donors (Lipinski definition) is 1. The Morgan fingerprint density at radius 2 is 2.04 bits per heavy atom. The molecule has 0 unspecified atom stereocenters. The van der Waals surface area contributed by atoms with Gasteiger partial charge in [-0.05, 0) is 38.0 Å². The van der Waals surface area contributed by atoms with E-state index in [1.807, 2.05) is 13.0 Å². The van der Waals surface area contributed by atoms with Gasteiger partial charge < -0.3 is 14.7 Å². The van der Waals surface area contributed by atoms with Crippen LogP contribution in [0, 0.1) is 0 Å². The number of benzene rings is 1. The minimum atomic E-state index is -0.252. The predicted octanol–water partition coefficient (Wildman–Crippen LogP) is 2.58. The second-order valence-electron chi connectivity index (χ2n) is 7.23. The molecule has 1 N–H and O–H groups in total. The molecule has 2 amide bonds.